The van der Waals surface area contributed by atoms with Crippen molar-refractivity contribution in [2.24, 2.45) is 22.7 Å². The van der Waals surface area contributed by atoms with Gasteiger partial charge in [0, 0.05) is 18.2 Å². The fourth-order valence-electron chi connectivity index (χ4n) is 2.80. The van der Waals surface area contributed by atoms with E-state index in [-0.39, 0.29) is 5.84 Å². The van der Waals surface area contributed by atoms with Crippen LogP contribution in [0.3, 0.4) is 0 Å². The van der Waals surface area contributed by atoms with Crippen LogP contribution in [0.5, 0.6) is 5.75 Å². The summed E-state index contributed by atoms with van der Waals surface area (Å²) in [6, 6.07) is 7.97. The Labute approximate surface area is 125 Å². The lowest BCUT2D eigenvalue weighted by molar-refractivity contribution is 0.293. The van der Waals surface area contributed by atoms with Gasteiger partial charge in [-0.25, -0.2) is 0 Å². The van der Waals surface area contributed by atoms with Crippen molar-refractivity contribution in [1.29, 1.82) is 0 Å². The largest absolute Gasteiger partial charge is 0.492 e. The van der Waals surface area contributed by atoms with Gasteiger partial charge in [0.05, 0.1) is 0 Å². The predicted molar refractivity (Wildman–Crippen MR) is 81.7 cm³/mol. The SMILES string of the molecule is NC(=NO)c1ccc(OCCNC(C2CC2)C2CC2)cc1. The van der Waals surface area contributed by atoms with Gasteiger partial charge in [-0.1, -0.05) is 5.16 Å². The van der Waals surface area contributed by atoms with Gasteiger partial charge in [0.1, 0.15) is 12.4 Å². The number of nitrogens with two attached hydrogens (primary N) is 1. The third-order valence-electron chi connectivity index (χ3n) is 4.27. The van der Waals surface area contributed by atoms with E-state index < -0.39 is 0 Å². The molecule has 5 heteroatoms. The van der Waals surface area contributed by atoms with Gasteiger partial charge in [-0.2, -0.15) is 0 Å². The van der Waals surface area contributed by atoms with Gasteiger partial charge in [0.15, 0.2) is 5.84 Å². The monoisotopic (exact) mass is 289 g/mol. The third kappa shape index (κ3) is 3.88. The number of benzene rings is 1. The van der Waals surface area contributed by atoms with Crippen molar-refractivity contribution < 1.29 is 9.94 Å². The van der Waals surface area contributed by atoms with Crippen molar-refractivity contribution in [3.8, 4) is 5.75 Å². The van der Waals surface area contributed by atoms with E-state index in [9.17, 15) is 0 Å². The van der Waals surface area contributed by atoms with Crippen LogP contribution in [-0.4, -0.2) is 30.2 Å². The lowest BCUT2D eigenvalue weighted by Gasteiger charge is -2.17. The second-order valence-electron chi connectivity index (χ2n) is 6.01. The molecule has 0 bridgehead atoms. The van der Waals surface area contributed by atoms with E-state index in [2.05, 4.69) is 10.5 Å². The molecule has 0 aromatic heterocycles. The number of hydrogen-bond acceptors (Lipinski definition) is 4. The zero-order valence-electron chi connectivity index (χ0n) is 12.2. The molecule has 114 valence electrons. The average molecular weight is 289 g/mol. The van der Waals surface area contributed by atoms with Crippen molar-refractivity contribution in [3.05, 3.63) is 29.8 Å². The number of hydrogen-bond donors (Lipinski definition) is 3. The molecule has 3 rings (SSSR count). The Morgan fingerprint density at radius 2 is 1.86 bits per heavy atom. The molecule has 0 amide bonds. The number of amidine groups is 1. The van der Waals surface area contributed by atoms with Crippen molar-refractivity contribution in [2.45, 2.75) is 31.7 Å². The van der Waals surface area contributed by atoms with E-state index in [0.717, 1.165) is 30.2 Å². The molecule has 5 nitrogen and oxygen atoms in total. The van der Waals surface area contributed by atoms with E-state index in [1.54, 1.807) is 12.1 Å². The summed E-state index contributed by atoms with van der Waals surface area (Å²) in [6.45, 7) is 1.55. The summed E-state index contributed by atoms with van der Waals surface area (Å²) in [5, 5.41) is 15.2. The molecule has 0 aliphatic heterocycles. The first-order chi connectivity index (χ1) is 10.3. The molecule has 1 aromatic carbocycles. The van der Waals surface area contributed by atoms with Crippen LogP contribution in [0.25, 0.3) is 0 Å². The first-order valence-electron chi connectivity index (χ1n) is 7.72. The maximum Gasteiger partial charge on any atom is 0.170 e. The van der Waals surface area contributed by atoms with Gasteiger partial charge >= 0.3 is 0 Å². The molecule has 0 heterocycles. The second-order valence-corrected chi connectivity index (χ2v) is 6.01. The fraction of sp³-hybridized carbons (Fsp3) is 0.562. The summed E-state index contributed by atoms with van der Waals surface area (Å²) in [5.41, 5.74) is 6.20. The van der Waals surface area contributed by atoms with Crippen molar-refractivity contribution in [1.82, 2.24) is 5.32 Å². The molecule has 2 aliphatic rings. The van der Waals surface area contributed by atoms with Crippen molar-refractivity contribution in [3.63, 3.8) is 0 Å². The Kier molecular flexibility index (Phi) is 4.29. The normalized spacial score (nSPS) is 19.0. The smallest absolute Gasteiger partial charge is 0.170 e. The molecule has 0 radical (unpaired) electrons. The van der Waals surface area contributed by atoms with Crippen LogP contribution >= 0.6 is 0 Å². The van der Waals surface area contributed by atoms with Crippen LogP contribution in [0.4, 0.5) is 0 Å². The topological polar surface area (TPSA) is 79.9 Å². The fourth-order valence-corrected chi connectivity index (χ4v) is 2.80. The highest BCUT2D eigenvalue weighted by Crippen LogP contribution is 2.44. The molecule has 4 N–H and O–H groups in total. The zero-order chi connectivity index (χ0) is 14.7. The summed E-state index contributed by atoms with van der Waals surface area (Å²) in [5.74, 6) is 2.75. The Hall–Kier alpha value is -1.75. The molecular formula is C16H23N3O2. The number of ether oxygens (including phenoxy) is 1. The highest BCUT2D eigenvalue weighted by molar-refractivity contribution is 5.97. The van der Waals surface area contributed by atoms with Crippen LogP contribution < -0.4 is 15.8 Å². The summed E-state index contributed by atoms with van der Waals surface area (Å²) >= 11 is 0. The Bertz CT molecular complexity index is 481. The van der Waals surface area contributed by atoms with Crippen LogP contribution in [0.2, 0.25) is 0 Å². The lowest BCUT2D eigenvalue weighted by atomic mass is 10.1. The molecule has 0 atom stereocenters. The number of rotatable bonds is 8. The van der Waals surface area contributed by atoms with E-state index >= 15 is 0 Å². The average Bonchev–Trinajstić information content (AvgIpc) is 3.39. The minimum Gasteiger partial charge on any atom is -0.492 e. The van der Waals surface area contributed by atoms with Crippen molar-refractivity contribution >= 4 is 5.84 Å². The molecule has 2 fully saturated rings. The van der Waals surface area contributed by atoms with E-state index in [1.165, 1.54) is 25.7 Å². The molecular weight excluding hydrogens is 266 g/mol. The first-order valence-corrected chi connectivity index (χ1v) is 7.72. The van der Waals surface area contributed by atoms with Crippen molar-refractivity contribution in [2.75, 3.05) is 13.2 Å². The number of oxime groups is 1. The van der Waals surface area contributed by atoms with E-state index in [4.69, 9.17) is 15.7 Å². The minimum absolute atomic E-state index is 0.111. The van der Waals surface area contributed by atoms with Crippen LogP contribution in [0, 0.1) is 11.8 Å². The maximum absolute atomic E-state index is 8.61. The van der Waals surface area contributed by atoms with Crippen LogP contribution in [-0.2, 0) is 0 Å². The maximum atomic E-state index is 8.61. The molecule has 2 saturated carbocycles. The minimum atomic E-state index is 0.111. The molecule has 2 aliphatic carbocycles. The van der Waals surface area contributed by atoms with Crippen LogP contribution in [0.1, 0.15) is 31.2 Å². The van der Waals surface area contributed by atoms with Gasteiger partial charge < -0.3 is 21.0 Å². The first kappa shape index (κ1) is 14.2. The Morgan fingerprint density at radius 1 is 1.24 bits per heavy atom. The number of nitrogens with zero attached hydrogens (tertiary/aromatic N) is 1. The van der Waals surface area contributed by atoms with Gasteiger partial charge in [-0.15, -0.1) is 0 Å². The van der Waals surface area contributed by atoms with Gasteiger partial charge in [-0.3, -0.25) is 0 Å². The molecule has 0 saturated heterocycles. The third-order valence-corrected chi connectivity index (χ3v) is 4.27. The highest BCUT2D eigenvalue weighted by atomic mass is 16.5. The highest BCUT2D eigenvalue weighted by Gasteiger charge is 2.40. The molecule has 1 aromatic rings. The van der Waals surface area contributed by atoms with E-state index in [1.807, 2.05) is 12.1 Å². The standard InChI is InChI=1S/C16H23N3O2/c17-16(19-20)13-5-7-14(8-6-13)21-10-9-18-15(11-1-2-11)12-3-4-12/h5-8,11-12,15,18,20H,1-4,9-10H2,(H2,17,19). The van der Waals surface area contributed by atoms with Gasteiger partial charge in [0.2, 0.25) is 0 Å². The molecule has 0 unspecified atom stereocenters. The summed E-state index contributed by atoms with van der Waals surface area (Å²) in [7, 11) is 0. The predicted octanol–water partition coefficient (Wildman–Crippen LogP) is 1.94. The lowest BCUT2D eigenvalue weighted by Crippen LogP contribution is -2.36. The van der Waals surface area contributed by atoms with Gasteiger partial charge in [0.25, 0.3) is 0 Å². The molecule has 21 heavy (non-hydrogen) atoms. The van der Waals surface area contributed by atoms with Gasteiger partial charge in [-0.05, 0) is 61.8 Å². The Morgan fingerprint density at radius 3 is 2.38 bits per heavy atom. The van der Waals surface area contributed by atoms with E-state index in [0.29, 0.717) is 12.2 Å². The zero-order valence-corrected chi connectivity index (χ0v) is 12.2. The summed E-state index contributed by atoms with van der Waals surface area (Å²) < 4.78 is 5.72. The second kappa shape index (κ2) is 6.35. The molecule has 0 spiro atoms. The van der Waals surface area contributed by atoms with Crippen LogP contribution in [0.15, 0.2) is 29.4 Å². The quantitative estimate of drug-likeness (QED) is 0.225. The number of nitrogens with one attached hydrogen (secondary N) is 1. The summed E-state index contributed by atoms with van der Waals surface area (Å²) in [4.78, 5) is 0. The summed E-state index contributed by atoms with van der Waals surface area (Å²) in [6.07, 6.45) is 5.57. The Balaban J connectivity index is 1.40.